The number of ether oxygens (including phenoxy) is 1. The Morgan fingerprint density at radius 1 is 1.45 bits per heavy atom. The average molecular weight is 280 g/mol. The van der Waals surface area contributed by atoms with Crippen molar-refractivity contribution in [1.29, 1.82) is 0 Å². The number of nitrogens with zero attached hydrogens (tertiary/aromatic N) is 4. The minimum atomic E-state index is -0.0440. The zero-order chi connectivity index (χ0) is 14.5. The third-order valence-corrected chi connectivity index (χ3v) is 3.71. The van der Waals surface area contributed by atoms with Crippen LogP contribution in [0.2, 0.25) is 0 Å². The van der Waals surface area contributed by atoms with Crippen LogP contribution in [0.25, 0.3) is 0 Å². The molecular formula is C14H24N4O2. The number of carbonyl (C=O) groups excluding carboxylic acids is 1. The predicted molar refractivity (Wildman–Crippen MR) is 75.0 cm³/mol. The largest absolute Gasteiger partial charge is 0.466 e. The highest BCUT2D eigenvalue weighted by atomic mass is 16.5. The molecule has 0 radical (unpaired) electrons. The Morgan fingerprint density at radius 3 is 2.75 bits per heavy atom. The fourth-order valence-corrected chi connectivity index (χ4v) is 2.61. The van der Waals surface area contributed by atoms with Gasteiger partial charge in [-0.1, -0.05) is 0 Å². The number of rotatable bonds is 5. The molecule has 0 atom stereocenters. The van der Waals surface area contributed by atoms with E-state index in [1.807, 2.05) is 11.6 Å². The number of hydrogen-bond acceptors (Lipinski definition) is 5. The lowest BCUT2D eigenvalue weighted by Crippen LogP contribution is -2.37. The zero-order valence-electron chi connectivity index (χ0n) is 12.6. The minimum absolute atomic E-state index is 0.0440. The van der Waals surface area contributed by atoms with Crippen molar-refractivity contribution in [2.75, 3.05) is 19.7 Å². The van der Waals surface area contributed by atoms with Crippen molar-refractivity contribution >= 4 is 5.97 Å². The Labute approximate surface area is 120 Å². The summed E-state index contributed by atoms with van der Waals surface area (Å²) in [5.41, 5.74) is 0. The molecule has 2 heterocycles. The van der Waals surface area contributed by atoms with E-state index in [1.165, 1.54) is 0 Å². The summed E-state index contributed by atoms with van der Waals surface area (Å²) in [6.45, 7) is 9.15. The van der Waals surface area contributed by atoms with Gasteiger partial charge in [0.25, 0.3) is 0 Å². The smallest absolute Gasteiger partial charge is 0.309 e. The van der Waals surface area contributed by atoms with Crippen LogP contribution < -0.4 is 0 Å². The Bertz CT molecular complexity index is 436. The van der Waals surface area contributed by atoms with Crippen molar-refractivity contribution in [2.45, 2.75) is 46.2 Å². The second kappa shape index (κ2) is 6.83. The highest BCUT2D eigenvalue weighted by Gasteiger charge is 2.26. The van der Waals surface area contributed by atoms with E-state index in [0.717, 1.165) is 38.3 Å². The summed E-state index contributed by atoms with van der Waals surface area (Å²) in [7, 11) is 0. The van der Waals surface area contributed by atoms with E-state index >= 15 is 0 Å². The van der Waals surface area contributed by atoms with Crippen molar-refractivity contribution in [3.05, 3.63) is 12.2 Å². The molecule has 0 spiro atoms. The molecule has 1 aromatic heterocycles. The molecule has 112 valence electrons. The minimum Gasteiger partial charge on any atom is -0.466 e. The van der Waals surface area contributed by atoms with Gasteiger partial charge in [-0.05, 0) is 46.7 Å². The van der Waals surface area contributed by atoms with Gasteiger partial charge in [-0.3, -0.25) is 9.69 Å². The van der Waals surface area contributed by atoms with Crippen LogP contribution in [-0.4, -0.2) is 45.3 Å². The Kier molecular flexibility index (Phi) is 5.11. The quantitative estimate of drug-likeness (QED) is 0.767. The molecule has 2 rings (SSSR count). The predicted octanol–water partition coefficient (Wildman–Crippen LogP) is 1.63. The number of likely N-dealkylation sites (tertiary alicyclic amines) is 1. The number of carbonyl (C=O) groups is 1. The number of piperidine rings is 1. The van der Waals surface area contributed by atoms with E-state index in [2.05, 4.69) is 28.8 Å². The van der Waals surface area contributed by atoms with E-state index in [0.29, 0.717) is 12.6 Å². The van der Waals surface area contributed by atoms with Gasteiger partial charge in [0.1, 0.15) is 12.2 Å². The van der Waals surface area contributed by atoms with Crippen molar-refractivity contribution in [1.82, 2.24) is 19.7 Å². The van der Waals surface area contributed by atoms with Crippen LogP contribution in [0.4, 0.5) is 0 Å². The number of aromatic nitrogens is 3. The van der Waals surface area contributed by atoms with E-state index in [-0.39, 0.29) is 11.9 Å². The fourth-order valence-electron chi connectivity index (χ4n) is 2.61. The first-order valence-corrected chi connectivity index (χ1v) is 7.39. The zero-order valence-corrected chi connectivity index (χ0v) is 12.6. The first kappa shape index (κ1) is 15.0. The molecule has 0 amide bonds. The van der Waals surface area contributed by atoms with Gasteiger partial charge < -0.3 is 4.74 Å². The summed E-state index contributed by atoms with van der Waals surface area (Å²) in [5, 5.41) is 4.25. The van der Waals surface area contributed by atoms with Crippen molar-refractivity contribution in [3.63, 3.8) is 0 Å². The molecule has 1 saturated heterocycles. The van der Waals surface area contributed by atoms with Crippen molar-refractivity contribution in [2.24, 2.45) is 5.92 Å². The molecule has 6 heteroatoms. The molecule has 0 unspecified atom stereocenters. The summed E-state index contributed by atoms with van der Waals surface area (Å²) in [6, 6.07) is 0.324. The topological polar surface area (TPSA) is 60.2 Å². The standard InChI is InChI=1S/C14H24N4O2/c1-4-20-14(19)12-5-7-17(8-6-12)9-13-15-10-16-18(13)11(2)3/h10-12H,4-9H2,1-3H3. The third kappa shape index (κ3) is 3.56. The molecule has 0 aromatic carbocycles. The summed E-state index contributed by atoms with van der Waals surface area (Å²) in [6.07, 6.45) is 3.35. The first-order chi connectivity index (χ1) is 9.61. The molecule has 0 bridgehead atoms. The highest BCUT2D eigenvalue weighted by Crippen LogP contribution is 2.20. The second-order valence-corrected chi connectivity index (χ2v) is 5.52. The lowest BCUT2D eigenvalue weighted by molar-refractivity contribution is -0.149. The molecule has 0 aliphatic carbocycles. The van der Waals surface area contributed by atoms with Crippen LogP contribution >= 0.6 is 0 Å². The maximum Gasteiger partial charge on any atom is 0.309 e. The van der Waals surface area contributed by atoms with E-state index in [9.17, 15) is 4.79 Å². The van der Waals surface area contributed by atoms with Crippen LogP contribution in [0.3, 0.4) is 0 Å². The summed E-state index contributed by atoms with van der Waals surface area (Å²) in [5.74, 6) is 1.02. The maximum atomic E-state index is 11.7. The molecular weight excluding hydrogens is 256 g/mol. The van der Waals surface area contributed by atoms with Gasteiger partial charge in [-0.15, -0.1) is 0 Å². The SMILES string of the molecule is CCOC(=O)C1CCN(Cc2ncnn2C(C)C)CC1. The molecule has 1 aliphatic rings. The van der Waals surface area contributed by atoms with E-state index < -0.39 is 0 Å². The summed E-state index contributed by atoms with van der Waals surface area (Å²) in [4.78, 5) is 18.4. The molecule has 1 aliphatic heterocycles. The van der Waals surface area contributed by atoms with Crippen molar-refractivity contribution in [3.8, 4) is 0 Å². The lowest BCUT2D eigenvalue weighted by atomic mass is 9.97. The molecule has 6 nitrogen and oxygen atoms in total. The van der Waals surface area contributed by atoms with Gasteiger partial charge in [0.15, 0.2) is 0 Å². The molecule has 20 heavy (non-hydrogen) atoms. The normalized spacial score (nSPS) is 17.6. The molecule has 1 fully saturated rings. The Hall–Kier alpha value is -1.43. The highest BCUT2D eigenvalue weighted by molar-refractivity contribution is 5.72. The number of esters is 1. The Balaban J connectivity index is 1.85. The molecule has 1 aromatic rings. The van der Waals surface area contributed by atoms with Crippen LogP contribution in [0.15, 0.2) is 6.33 Å². The number of hydrogen-bond donors (Lipinski definition) is 0. The average Bonchev–Trinajstić information content (AvgIpc) is 2.88. The summed E-state index contributed by atoms with van der Waals surface area (Å²) < 4.78 is 7.04. The Morgan fingerprint density at radius 2 is 2.15 bits per heavy atom. The van der Waals surface area contributed by atoms with Gasteiger partial charge >= 0.3 is 5.97 Å². The van der Waals surface area contributed by atoms with Gasteiger partial charge in [-0.2, -0.15) is 5.10 Å². The van der Waals surface area contributed by atoms with E-state index in [1.54, 1.807) is 6.33 Å². The second-order valence-electron chi connectivity index (χ2n) is 5.52. The first-order valence-electron chi connectivity index (χ1n) is 7.39. The molecule has 0 N–H and O–H groups in total. The van der Waals surface area contributed by atoms with Gasteiger partial charge in [0.05, 0.1) is 19.1 Å². The van der Waals surface area contributed by atoms with Gasteiger partial charge in [0.2, 0.25) is 0 Å². The molecule has 0 saturated carbocycles. The fraction of sp³-hybridized carbons (Fsp3) is 0.786. The summed E-state index contributed by atoms with van der Waals surface area (Å²) >= 11 is 0. The maximum absolute atomic E-state index is 11.7. The monoisotopic (exact) mass is 280 g/mol. The third-order valence-electron chi connectivity index (χ3n) is 3.71. The van der Waals surface area contributed by atoms with Crippen molar-refractivity contribution < 1.29 is 9.53 Å². The lowest BCUT2D eigenvalue weighted by Gasteiger charge is -2.30. The van der Waals surface area contributed by atoms with Crippen LogP contribution in [-0.2, 0) is 16.1 Å². The van der Waals surface area contributed by atoms with Gasteiger partial charge in [-0.25, -0.2) is 9.67 Å². The van der Waals surface area contributed by atoms with Crippen LogP contribution in [0.1, 0.15) is 45.5 Å². The van der Waals surface area contributed by atoms with E-state index in [4.69, 9.17) is 4.74 Å². The van der Waals surface area contributed by atoms with Gasteiger partial charge in [0, 0.05) is 6.04 Å². The van der Waals surface area contributed by atoms with Crippen LogP contribution in [0, 0.1) is 5.92 Å². The van der Waals surface area contributed by atoms with Crippen LogP contribution in [0.5, 0.6) is 0 Å².